The van der Waals surface area contributed by atoms with Crippen LogP contribution in [-0.4, -0.2) is 18.0 Å². The number of nitrogens with two attached hydrogens (primary N) is 1. The lowest BCUT2D eigenvalue weighted by Gasteiger charge is -2.20. The zero-order chi connectivity index (χ0) is 12.0. The molecule has 0 aliphatic carbocycles. The fourth-order valence-corrected chi connectivity index (χ4v) is 1.27. The summed E-state index contributed by atoms with van der Waals surface area (Å²) in [7, 11) is 0. The molecule has 0 fully saturated rings. The summed E-state index contributed by atoms with van der Waals surface area (Å²) >= 11 is 0. The van der Waals surface area contributed by atoms with E-state index in [1.54, 1.807) is 0 Å². The Labute approximate surface area is 93.8 Å². The first kappa shape index (κ1) is 14.4. The number of carbonyl (C=O) groups excluding carboxylic acids is 1. The monoisotopic (exact) mass is 214 g/mol. The molecular weight excluding hydrogens is 188 g/mol. The van der Waals surface area contributed by atoms with Gasteiger partial charge in [0, 0.05) is 18.0 Å². The lowest BCUT2D eigenvalue weighted by molar-refractivity contribution is -0.125. The number of carbonyl (C=O) groups is 1. The molecule has 0 bridgehead atoms. The molecule has 0 saturated carbocycles. The van der Waals surface area contributed by atoms with Crippen molar-refractivity contribution in [3.63, 3.8) is 0 Å². The fourth-order valence-electron chi connectivity index (χ4n) is 1.27. The van der Waals surface area contributed by atoms with Crippen LogP contribution in [0.2, 0.25) is 0 Å². The largest absolute Gasteiger partial charge is 0.353 e. The van der Waals surface area contributed by atoms with Gasteiger partial charge in [-0.15, -0.1) is 0 Å². The first-order valence-electron chi connectivity index (χ1n) is 5.90. The molecule has 15 heavy (non-hydrogen) atoms. The fraction of sp³-hybridized carbons (Fsp3) is 0.917. The van der Waals surface area contributed by atoms with E-state index >= 15 is 0 Å². The summed E-state index contributed by atoms with van der Waals surface area (Å²) in [6.07, 6.45) is 2.18. The van der Waals surface area contributed by atoms with Crippen LogP contribution in [0.4, 0.5) is 0 Å². The average molecular weight is 214 g/mol. The number of amides is 1. The van der Waals surface area contributed by atoms with E-state index in [1.165, 1.54) is 0 Å². The molecule has 3 heteroatoms. The van der Waals surface area contributed by atoms with E-state index < -0.39 is 0 Å². The van der Waals surface area contributed by atoms with Crippen molar-refractivity contribution < 1.29 is 4.79 Å². The summed E-state index contributed by atoms with van der Waals surface area (Å²) in [6, 6.07) is 0.170. The third-order valence-corrected chi connectivity index (χ3v) is 2.77. The minimum atomic E-state index is -0.105. The van der Waals surface area contributed by atoms with Gasteiger partial charge in [-0.25, -0.2) is 0 Å². The lowest BCUT2D eigenvalue weighted by Crippen LogP contribution is -2.42. The standard InChI is InChI=1S/C12H26N2O/c1-8(2)6-7-9(3)14-12(15)10(4)11(5)13/h8-11H,6-7,13H2,1-5H3,(H,14,15). The Bertz CT molecular complexity index is 190. The van der Waals surface area contributed by atoms with Gasteiger partial charge >= 0.3 is 0 Å². The molecular formula is C12H26N2O. The van der Waals surface area contributed by atoms with Crippen LogP contribution < -0.4 is 11.1 Å². The molecule has 0 aliphatic rings. The summed E-state index contributed by atoms with van der Waals surface area (Å²) < 4.78 is 0. The van der Waals surface area contributed by atoms with E-state index in [9.17, 15) is 4.79 Å². The molecule has 3 unspecified atom stereocenters. The number of hydrogen-bond acceptors (Lipinski definition) is 2. The Morgan fingerprint density at radius 3 is 2.07 bits per heavy atom. The van der Waals surface area contributed by atoms with Gasteiger partial charge in [-0.3, -0.25) is 4.79 Å². The molecule has 0 radical (unpaired) electrons. The van der Waals surface area contributed by atoms with Crippen LogP contribution in [0, 0.1) is 11.8 Å². The van der Waals surface area contributed by atoms with Crippen molar-refractivity contribution in [1.29, 1.82) is 0 Å². The minimum absolute atomic E-state index is 0.0706. The van der Waals surface area contributed by atoms with E-state index in [0.717, 1.165) is 12.8 Å². The number of rotatable bonds is 6. The van der Waals surface area contributed by atoms with Crippen LogP contribution in [0.25, 0.3) is 0 Å². The smallest absolute Gasteiger partial charge is 0.224 e. The molecule has 0 saturated heterocycles. The van der Waals surface area contributed by atoms with E-state index in [0.29, 0.717) is 5.92 Å². The van der Waals surface area contributed by atoms with E-state index in [1.807, 2.05) is 20.8 Å². The summed E-state index contributed by atoms with van der Waals surface area (Å²) in [5, 5.41) is 3.00. The predicted molar refractivity (Wildman–Crippen MR) is 64.5 cm³/mol. The van der Waals surface area contributed by atoms with Crippen LogP contribution >= 0.6 is 0 Å². The summed E-state index contributed by atoms with van der Waals surface area (Å²) in [5.74, 6) is 0.656. The van der Waals surface area contributed by atoms with Gasteiger partial charge in [0.2, 0.25) is 5.91 Å². The topological polar surface area (TPSA) is 55.1 Å². The Hall–Kier alpha value is -0.570. The first-order chi connectivity index (χ1) is 6.84. The van der Waals surface area contributed by atoms with Crippen molar-refractivity contribution in [1.82, 2.24) is 5.32 Å². The van der Waals surface area contributed by atoms with Crippen molar-refractivity contribution in [2.45, 2.75) is 59.5 Å². The normalized spacial score (nSPS) is 17.3. The van der Waals surface area contributed by atoms with Gasteiger partial charge in [-0.1, -0.05) is 20.8 Å². The Kier molecular flexibility index (Phi) is 6.57. The maximum absolute atomic E-state index is 11.6. The second kappa shape index (κ2) is 6.83. The SMILES string of the molecule is CC(C)CCC(C)NC(=O)C(C)C(C)N. The molecule has 3 N–H and O–H groups in total. The second-order valence-electron chi connectivity index (χ2n) is 5.03. The highest BCUT2D eigenvalue weighted by Gasteiger charge is 2.18. The molecule has 3 nitrogen and oxygen atoms in total. The molecule has 0 heterocycles. The van der Waals surface area contributed by atoms with Gasteiger partial charge in [-0.2, -0.15) is 0 Å². The van der Waals surface area contributed by atoms with Crippen LogP contribution in [0.3, 0.4) is 0 Å². The van der Waals surface area contributed by atoms with Gasteiger partial charge in [0.15, 0.2) is 0 Å². The first-order valence-corrected chi connectivity index (χ1v) is 5.90. The van der Waals surface area contributed by atoms with Crippen LogP contribution in [0.5, 0.6) is 0 Å². The Morgan fingerprint density at radius 2 is 1.67 bits per heavy atom. The minimum Gasteiger partial charge on any atom is -0.353 e. The van der Waals surface area contributed by atoms with E-state index in [2.05, 4.69) is 19.2 Å². The van der Waals surface area contributed by atoms with Crippen molar-refractivity contribution >= 4 is 5.91 Å². The lowest BCUT2D eigenvalue weighted by atomic mass is 10.0. The van der Waals surface area contributed by atoms with Crippen molar-refractivity contribution in [3.05, 3.63) is 0 Å². The van der Waals surface area contributed by atoms with Gasteiger partial charge in [0.25, 0.3) is 0 Å². The maximum atomic E-state index is 11.6. The van der Waals surface area contributed by atoms with Crippen LogP contribution in [0.15, 0.2) is 0 Å². The molecule has 0 spiro atoms. The zero-order valence-corrected chi connectivity index (χ0v) is 10.7. The Balaban J connectivity index is 3.85. The number of hydrogen-bond donors (Lipinski definition) is 2. The molecule has 0 rings (SSSR count). The van der Waals surface area contributed by atoms with Gasteiger partial charge < -0.3 is 11.1 Å². The van der Waals surface area contributed by atoms with Crippen molar-refractivity contribution in [2.24, 2.45) is 17.6 Å². The second-order valence-corrected chi connectivity index (χ2v) is 5.03. The van der Waals surface area contributed by atoms with E-state index in [-0.39, 0.29) is 23.9 Å². The molecule has 0 aromatic carbocycles. The molecule has 0 aliphatic heterocycles. The van der Waals surface area contributed by atoms with Gasteiger partial charge in [0.1, 0.15) is 0 Å². The quantitative estimate of drug-likeness (QED) is 0.709. The molecule has 1 amide bonds. The predicted octanol–water partition coefficient (Wildman–Crippen LogP) is 1.91. The summed E-state index contributed by atoms with van der Waals surface area (Å²) in [5.41, 5.74) is 5.67. The van der Waals surface area contributed by atoms with Crippen LogP contribution in [-0.2, 0) is 4.79 Å². The van der Waals surface area contributed by atoms with Crippen molar-refractivity contribution in [3.8, 4) is 0 Å². The average Bonchev–Trinajstić information content (AvgIpc) is 2.13. The highest BCUT2D eigenvalue weighted by Crippen LogP contribution is 2.07. The molecule has 0 aromatic heterocycles. The Morgan fingerprint density at radius 1 is 1.13 bits per heavy atom. The third-order valence-electron chi connectivity index (χ3n) is 2.77. The zero-order valence-electron chi connectivity index (χ0n) is 10.7. The summed E-state index contributed by atoms with van der Waals surface area (Å²) in [4.78, 5) is 11.6. The van der Waals surface area contributed by atoms with Gasteiger partial charge in [-0.05, 0) is 32.6 Å². The molecule has 3 atom stereocenters. The maximum Gasteiger partial charge on any atom is 0.224 e. The van der Waals surface area contributed by atoms with Crippen LogP contribution in [0.1, 0.15) is 47.5 Å². The number of nitrogens with one attached hydrogen (secondary N) is 1. The molecule has 90 valence electrons. The summed E-state index contributed by atoms with van der Waals surface area (Å²) in [6.45, 7) is 10.2. The third kappa shape index (κ3) is 6.50. The van der Waals surface area contributed by atoms with E-state index in [4.69, 9.17) is 5.73 Å². The van der Waals surface area contributed by atoms with Gasteiger partial charge in [0.05, 0.1) is 0 Å². The highest BCUT2D eigenvalue weighted by atomic mass is 16.1. The highest BCUT2D eigenvalue weighted by molar-refractivity contribution is 5.79. The molecule has 0 aromatic rings. The van der Waals surface area contributed by atoms with Crippen molar-refractivity contribution in [2.75, 3.05) is 0 Å².